The minimum Gasteiger partial charge on any atom is -0.497 e. The van der Waals surface area contributed by atoms with Crippen molar-refractivity contribution in [3.8, 4) is 5.75 Å². The molecule has 0 unspecified atom stereocenters. The molecule has 0 spiro atoms. The van der Waals surface area contributed by atoms with Crippen molar-refractivity contribution in [3.05, 3.63) is 53.1 Å². The first-order valence-electron chi connectivity index (χ1n) is 6.13. The molecule has 0 bridgehead atoms. The average molecular weight is 292 g/mol. The van der Waals surface area contributed by atoms with Gasteiger partial charge in [0.25, 0.3) is 5.91 Å². The lowest BCUT2D eigenvalue weighted by atomic mass is 10.1. The van der Waals surface area contributed by atoms with E-state index in [1.165, 1.54) is 32.2 Å². The zero-order chi connectivity index (χ0) is 15.6. The number of ether oxygens (including phenoxy) is 1. The quantitative estimate of drug-likeness (QED) is 0.854. The number of anilines is 2. The molecule has 2 aromatic carbocycles. The molecule has 0 aromatic heterocycles. The Morgan fingerprint density at radius 2 is 1.95 bits per heavy atom. The fraction of sp³-hybridized carbons (Fsp3) is 0.133. The summed E-state index contributed by atoms with van der Waals surface area (Å²) in [7, 11) is 1.48. The van der Waals surface area contributed by atoms with Crippen molar-refractivity contribution >= 4 is 17.3 Å². The lowest BCUT2D eigenvalue weighted by molar-refractivity contribution is 0.101. The largest absolute Gasteiger partial charge is 0.497 e. The fourth-order valence-electron chi connectivity index (χ4n) is 1.83. The highest BCUT2D eigenvalue weighted by atomic mass is 19.1. The maximum absolute atomic E-state index is 13.9. The molecule has 4 nitrogen and oxygen atoms in total. The zero-order valence-electron chi connectivity index (χ0n) is 11.5. The van der Waals surface area contributed by atoms with Crippen molar-refractivity contribution in [1.29, 1.82) is 0 Å². The number of benzene rings is 2. The molecule has 3 N–H and O–H groups in total. The van der Waals surface area contributed by atoms with Gasteiger partial charge in [-0.05, 0) is 30.7 Å². The summed E-state index contributed by atoms with van der Waals surface area (Å²) in [4.78, 5) is 12.0. The second kappa shape index (κ2) is 5.78. The molecule has 0 aliphatic rings. The number of nitrogens with one attached hydrogen (secondary N) is 1. The van der Waals surface area contributed by atoms with Gasteiger partial charge in [-0.2, -0.15) is 0 Å². The van der Waals surface area contributed by atoms with Crippen LogP contribution < -0.4 is 15.8 Å². The topological polar surface area (TPSA) is 64.3 Å². The normalized spacial score (nSPS) is 10.3. The molecule has 0 saturated heterocycles. The van der Waals surface area contributed by atoms with E-state index in [2.05, 4.69) is 5.32 Å². The number of nitrogen functional groups attached to an aromatic ring is 1. The first-order valence-corrected chi connectivity index (χ1v) is 6.13. The van der Waals surface area contributed by atoms with E-state index >= 15 is 0 Å². The Morgan fingerprint density at radius 1 is 1.24 bits per heavy atom. The van der Waals surface area contributed by atoms with Crippen LogP contribution in [0.1, 0.15) is 15.9 Å². The Balaban J connectivity index is 2.33. The van der Waals surface area contributed by atoms with Crippen molar-refractivity contribution in [2.45, 2.75) is 6.92 Å². The van der Waals surface area contributed by atoms with Gasteiger partial charge >= 0.3 is 0 Å². The average Bonchev–Trinajstić information content (AvgIpc) is 2.45. The number of hydrogen-bond donors (Lipinski definition) is 2. The van der Waals surface area contributed by atoms with Crippen LogP contribution in [-0.2, 0) is 0 Å². The van der Waals surface area contributed by atoms with Crippen LogP contribution in [0.15, 0.2) is 30.3 Å². The third-order valence-electron chi connectivity index (χ3n) is 3.02. The number of aryl methyl sites for hydroxylation is 1. The molecule has 0 aliphatic heterocycles. The Hall–Kier alpha value is -2.63. The Bertz CT molecular complexity index is 702. The second-order valence-corrected chi connectivity index (χ2v) is 4.46. The van der Waals surface area contributed by atoms with Gasteiger partial charge in [0, 0.05) is 6.07 Å². The Kier molecular flexibility index (Phi) is 4.07. The van der Waals surface area contributed by atoms with Gasteiger partial charge in [-0.1, -0.05) is 6.07 Å². The summed E-state index contributed by atoms with van der Waals surface area (Å²) in [5, 5.41) is 2.39. The number of hydrogen-bond acceptors (Lipinski definition) is 3. The highest BCUT2D eigenvalue weighted by molar-refractivity contribution is 6.06. The predicted molar refractivity (Wildman–Crippen MR) is 76.5 cm³/mol. The standard InChI is InChI=1S/C15H14F2N2O2/c1-8-3-5-10(16)13(14(8)17)15(20)19-12-6-4-9(21-2)7-11(12)18/h3-7H,18H2,1-2H3,(H,19,20). The number of carbonyl (C=O) groups is 1. The summed E-state index contributed by atoms with van der Waals surface area (Å²) in [5.74, 6) is -2.20. The van der Waals surface area contributed by atoms with Crippen LogP contribution in [0.5, 0.6) is 5.75 Å². The summed E-state index contributed by atoms with van der Waals surface area (Å²) in [5.41, 5.74) is 5.78. The van der Waals surface area contributed by atoms with E-state index in [-0.39, 0.29) is 16.9 Å². The fourth-order valence-corrected chi connectivity index (χ4v) is 1.83. The number of methoxy groups -OCH3 is 1. The number of halogens is 2. The predicted octanol–water partition coefficient (Wildman–Crippen LogP) is 3.12. The van der Waals surface area contributed by atoms with Crippen molar-refractivity contribution in [2.75, 3.05) is 18.2 Å². The molecule has 0 heterocycles. The van der Waals surface area contributed by atoms with Crippen molar-refractivity contribution in [3.63, 3.8) is 0 Å². The van der Waals surface area contributed by atoms with E-state index in [1.54, 1.807) is 6.07 Å². The van der Waals surface area contributed by atoms with Gasteiger partial charge in [-0.3, -0.25) is 4.79 Å². The minimum atomic E-state index is -0.928. The molecule has 6 heteroatoms. The van der Waals surface area contributed by atoms with E-state index in [1.807, 2.05) is 0 Å². The smallest absolute Gasteiger partial charge is 0.261 e. The minimum absolute atomic E-state index is 0.184. The van der Waals surface area contributed by atoms with Crippen LogP contribution in [0.3, 0.4) is 0 Å². The summed E-state index contributed by atoms with van der Waals surface area (Å²) < 4.78 is 32.5. The molecule has 2 rings (SSSR count). The molecule has 2 aromatic rings. The van der Waals surface area contributed by atoms with E-state index < -0.39 is 23.1 Å². The van der Waals surface area contributed by atoms with Gasteiger partial charge in [0.15, 0.2) is 0 Å². The van der Waals surface area contributed by atoms with Crippen LogP contribution in [0, 0.1) is 18.6 Å². The van der Waals surface area contributed by atoms with Crippen molar-refractivity contribution in [2.24, 2.45) is 0 Å². The third-order valence-corrected chi connectivity index (χ3v) is 3.02. The molecule has 0 saturated carbocycles. The number of nitrogens with two attached hydrogens (primary N) is 1. The molecule has 0 atom stereocenters. The lowest BCUT2D eigenvalue weighted by Gasteiger charge is -2.11. The van der Waals surface area contributed by atoms with Crippen LogP contribution >= 0.6 is 0 Å². The van der Waals surface area contributed by atoms with Crippen LogP contribution in [-0.4, -0.2) is 13.0 Å². The van der Waals surface area contributed by atoms with Crippen molar-refractivity contribution < 1.29 is 18.3 Å². The molecule has 1 amide bonds. The maximum atomic E-state index is 13.9. The van der Waals surface area contributed by atoms with Gasteiger partial charge in [-0.25, -0.2) is 8.78 Å². The maximum Gasteiger partial charge on any atom is 0.261 e. The SMILES string of the molecule is COc1ccc(NC(=O)c2c(F)ccc(C)c2F)c(N)c1. The molecule has 110 valence electrons. The number of rotatable bonds is 3. The molecule has 21 heavy (non-hydrogen) atoms. The Morgan fingerprint density at radius 3 is 2.57 bits per heavy atom. The zero-order valence-corrected chi connectivity index (χ0v) is 11.5. The van der Waals surface area contributed by atoms with Gasteiger partial charge in [0.1, 0.15) is 22.9 Å². The van der Waals surface area contributed by atoms with Crippen LogP contribution in [0.2, 0.25) is 0 Å². The summed E-state index contributed by atoms with van der Waals surface area (Å²) in [6, 6.07) is 6.89. The first-order chi connectivity index (χ1) is 9.93. The van der Waals surface area contributed by atoms with Crippen LogP contribution in [0.25, 0.3) is 0 Å². The van der Waals surface area contributed by atoms with Crippen molar-refractivity contribution in [1.82, 2.24) is 0 Å². The third kappa shape index (κ3) is 2.94. The molecular weight excluding hydrogens is 278 g/mol. The summed E-state index contributed by atoms with van der Waals surface area (Å²) in [6.45, 7) is 1.45. The van der Waals surface area contributed by atoms with E-state index in [0.29, 0.717) is 5.75 Å². The van der Waals surface area contributed by atoms with Crippen LogP contribution in [0.4, 0.5) is 20.2 Å². The van der Waals surface area contributed by atoms with E-state index in [0.717, 1.165) is 6.07 Å². The van der Waals surface area contributed by atoms with Gasteiger partial charge in [0.2, 0.25) is 0 Å². The molecule has 0 radical (unpaired) electrons. The molecule has 0 fully saturated rings. The highest BCUT2D eigenvalue weighted by Gasteiger charge is 2.19. The van der Waals surface area contributed by atoms with Gasteiger partial charge in [0.05, 0.1) is 18.5 Å². The van der Waals surface area contributed by atoms with E-state index in [9.17, 15) is 13.6 Å². The lowest BCUT2D eigenvalue weighted by Crippen LogP contribution is -2.17. The first kappa shape index (κ1) is 14.8. The monoisotopic (exact) mass is 292 g/mol. The van der Waals surface area contributed by atoms with Gasteiger partial charge in [-0.15, -0.1) is 0 Å². The number of amides is 1. The highest BCUT2D eigenvalue weighted by Crippen LogP contribution is 2.25. The molecule has 0 aliphatic carbocycles. The van der Waals surface area contributed by atoms with Gasteiger partial charge < -0.3 is 15.8 Å². The Labute approximate surface area is 120 Å². The molecular formula is C15H14F2N2O2. The van der Waals surface area contributed by atoms with E-state index in [4.69, 9.17) is 10.5 Å². The summed E-state index contributed by atoms with van der Waals surface area (Å²) in [6.07, 6.45) is 0. The number of carbonyl (C=O) groups excluding carboxylic acids is 1. The second-order valence-electron chi connectivity index (χ2n) is 4.46. The summed E-state index contributed by atoms with van der Waals surface area (Å²) >= 11 is 0.